The molecule has 0 bridgehead atoms. The van der Waals surface area contributed by atoms with Crippen LogP contribution in [0.4, 0.5) is 5.95 Å². The van der Waals surface area contributed by atoms with Gasteiger partial charge in [0.05, 0.1) is 6.33 Å². The Kier molecular flexibility index (Phi) is 9.04. The number of aromatic amines is 1. The Morgan fingerprint density at radius 2 is 2.05 bits per heavy atom. The molecular weight excluding hydrogens is 333 g/mol. The SMILES string of the molecule is Nc1nc2c(ncn2CC[C@@H](N)CP(=O)([O-])[O-])c(=O)[nH]1.[Na+].[Na+]. The third-order valence-corrected chi connectivity index (χ3v) is 3.61. The van der Waals surface area contributed by atoms with E-state index in [1.807, 2.05) is 0 Å². The van der Waals surface area contributed by atoms with Gasteiger partial charge in [0.25, 0.3) is 5.56 Å². The number of imidazole rings is 1. The predicted octanol–water partition coefficient (Wildman–Crippen LogP) is -8.66. The van der Waals surface area contributed by atoms with Crippen LogP contribution < -0.4 is 85.9 Å². The summed E-state index contributed by atoms with van der Waals surface area (Å²) in [5, 5.41) is 0. The molecule has 2 heterocycles. The maximum atomic E-state index is 11.5. The molecule has 2 aromatic heterocycles. The van der Waals surface area contributed by atoms with Crippen LogP contribution in [0.1, 0.15) is 6.42 Å². The van der Waals surface area contributed by atoms with Crippen LogP contribution in [0.5, 0.6) is 0 Å². The molecule has 110 valence electrons. The zero-order valence-corrected chi connectivity index (χ0v) is 17.2. The summed E-state index contributed by atoms with van der Waals surface area (Å²) in [7, 11) is -4.63. The molecule has 10 nitrogen and oxygen atoms in total. The summed E-state index contributed by atoms with van der Waals surface area (Å²) in [4.78, 5) is 42.9. The number of H-pyrrole nitrogens is 1. The maximum absolute atomic E-state index is 11.5. The Morgan fingerprint density at radius 3 is 2.64 bits per heavy atom. The van der Waals surface area contributed by atoms with E-state index < -0.39 is 25.4 Å². The second-order valence-corrected chi connectivity index (χ2v) is 5.99. The van der Waals surface area contributed by atoms with Crippen molar-refractivity contribution in [2.75, 3.05) is 11.9 Å². The normalized spacial score (nSPS) is 12.5. The average molecular weight is 346 g/mol. The molecule has 5 N–H and O–H groups in total. The number of nitrogen functional groups attached to an aromatic ring is 1. The first-order chi connectivity index (χ1) is 9.26. The van der Waals surface area contributed by atoms with E-state index in [2.05, 4.69) is 15.0 Å². The fourth-order valence-electron chi connectivity index (χ4n) is 1.82. The Morgan fingerprint density at radius 1 is 1.41 bits per heavy atom. The number of rotatable bonds is 5. The Hall–Kier alpha value is 0.260. The Bertz CT molecular complexity index is 728. The van der Waals surface area contributed by atoms with Gasteiger partial charge in [-0.2, -0.15) is 4.98 Å². The van der Waals surface area contributed by atoms with Gasteiger partial charge in [0.1, 0.15) is 0 Å². The topological polar surface area (TPSA) is 179 Å². The number of nitrogens with two attached hydrogens (primary N) is 2. The van der Waals surface area contributed by atoms with Crippen molar-refractivity contribution in [2.24, 2.45) is 5.73 Å². The Labute approximate surface area is 169 Å². The van der Waals surface area contributed by atoms with E-state index >= 15 is 0 Å². The van der Waals surface area contributed by atoms with E-state index in [4.69, 9.17) is 11.5 Å². The molecule has 0 saturated heterocycles. The van der Waals surface area contributed by atoms with Crippen LogP contribution in [0.25, 0.3) is 11.2 Å². The van der Waals surface area contributed by atoms with Gasteiger partial charge >= 0.3 is 59.1 Å². The average Bonchev–Trinajstić information content (AvgIpc) is 2.67. The molecule has 2 aromatic rings. The molecule has 0 spiro atoms. The van der Waals surface area contributed by atoms with E-state index in [0.717, 1.165) is 0 Å². The Balaban J connectivity index is 0.00000220. The summed E-state index contributed by atoms with van der Waals surface area (Å²) in [6, 6.07) is -0.785. The molecule has 0 fully saturated rings. The van der Waals surface area contributed by atoms with Gasteiger partial charge in [-0.05, 0) is 12.6 Å². The zero-order chi connectivity index (χ0) is 14.9. The van der Waals surface area contributed by atoms with Crippen molar-refractivity contribution in [1.82, 2.24) is 19.5 Å². The largest absolute Gasteiger partial charge is 1.00 e. The summed E-state index contributed by atoms with van der Waals surface area (Å²) in [6.45, 7) is 0.271. The summed E-state index contributed by atoms with van der Waals surface area (Å²) in [6.07, 6.45) is 0.997. The summed E-state index contributed by atoms with van der Waals surface area (Å²) in [5.41, 5.74) is 11.0. The first-order valence-corrected chi connectivity index (χ1v) is 7.46. The van der Waals surface area contributed by atoms with Crippen molar-refractivity contribution in [3.8, 4) is 0 Å². The van der Waals surface area contributed by atoms with Crippen LogP contribution in [0.15, 0.2) is 11.1 Å². The molecule has 0 amide bonds. The molecule has 0 aliphatic rings. The molecule has 1 atom stereocenters. The van der Waals surface area contributed by atoms with Gasteiger partial charge in [0.2, 0.25) is 5.95 Å². The molecule has 22 heavy (non-hydrogen) atoms. The number of nitrogens with zero attached hydrogens (tertiary/aromatic N) is 3. The zero-order valence-electron chi connectivity index (χ0n) is 12.4. The smallest absolute Gasteiger partial charge is 0.811 e. The van der Waals surface area contributed by atoms with Gasteiger partial charge in [0, 0.05) is 12.6 Å². The van der Waals surface area contributed by atoms with Gasteiger partial charge in [-0.25, -0.2) is 4.98 Å². The fraction of sp³-hybridized carbons (Fsp3) is 0.444. The van der Waals surface area contributed by atoms with Gasteiger partial charge in [-0.15, -0.1) is 0 Å². The van der Waals surface area contributed by atoms with Crippen molar-refractivity contribution in [3.05, 3.63) is 16.7 Å². The number of aromatic nitrogens is 4. The van der Waals surface area contributed by atoms with Crippen molar-refractivity contribution < 1.29 is 73.5 Å². The van der Waals surface area contributed by atoms with Crippen molar-refractivity contribution in [3.63, 3.8) is 0 Å². The number of nitrogens with one attached hydrogen (secondary N) is 1. The molecule has 0 aromatic carbocycles. The van der Waals surface area contributed by atoms with Gasteiger partial charge in [0.15, 0.2) is 11.2 Å². The van der Waals surface area contributed by atoms with Gasteiger partial charge in [-0.1, -0.05) is 7.60 Å². The molecule has 0 saturated carbocycles. The summed E-state index contributed by atoms with van der Waals surface area (Å²) < 4.78 is 12.1. The maximum Gasteiger partial charge on any atom is 1.00 e. The summed E-state index contributed by atoms with van der Waals surface area (Å²) in [5.74, 6) is -0.0443. The summed E-state index contributed by atoms with van der Waals surface area (Å²) >= 11 is 0. The monoisotopic (exact) mass is 346 g/mol. The van der Waals surface area contributed by atoms with Crippen LogP contribution in [0.2, 0.25) is 0 Å². The minimum atomic E-state index is -4.63. The molecule has 2 rings (SSSR count). The molecular formula is C9H13N6Na2O4P. The molecule has 13 heteroatoms. The van der Waals surface area contributed by atoms with E-state index in [9.17, 15) is 19.1 Å². The quantitative estimate of drug-likeness (QED) is 0.353. The number of hydrogen-bond acceptors (Lipinski definition) is 8. The van der Waals surface area contributed by atoms with E-state index in [0.29, 0.717) is 0 Å². The third-order valence-electron chi connectivity index (χ3n) is 2.69. The first kappa shape index (κ1) is 22.3. The second kappa shape index (κ2) is 8.93. The van der Waals surface area contributed by atoms with E-state index in [1.165, 1.54) is 10.9 Å². The van der Waals surface area contributed by atoms with Crippen LogP contribution >= 0.6 is 7.60 Å². The van der Waals surface area contributed by atoms with Crippen LogP contribution in [-0.4, -0.2) is 31.7 Å². The minimum absolute atomic E-state index is 0. The molecule has 0 aliphatic carbocycles. The van der Waals surface area contributed by atoms with Gasteiger partial charge in [-0.3, -0.25) is 9.78 Å². The van der Waals surface area contributed by atoms with Crippen molar-refractivity contribution >= 4 is 24.7 Å². The standard InChI is InChI=1S/C9H15N6O4P.2Na/c10-5(3-20(17,18)19)1-2-15-4-12-6-7(15)13-9(11)14-8(6)16;;/h4-5H,1-3,10H2,(H2,17,18,19)(H3,11,13,14,16);;/q;2*+1/p-2/t5-;;/m1../s1. The molecule has 0 unspecified atom stereocenters. The fourth-order valence-corrected chi connectivity index (χ4v) is 2.57. The predicted molar refractivity (Wildman–Crippen MR) is 67.6 cm³/mol. The molecule has 0 aliphatic heterocycles. The van der Waals surface area contributed by atoms with Crippen molar-refractivity contribution in [2.45, 2.75) is 19.0 Å². The number of anilines is 1. The number of hydrogen-bond donors (Lipinski definition) is 3. The van der Waals surface area contributed by atoms with Crippen LogP contribution in [0.3, 0.4) is 0 Å². The van der Waals surface area contributed by atoms with Crippen LogP contribution in [0, 0.1) is 0 Å². The van der Waals surface area contributed by atoms with E-state index in [1.54, 1.807) is 0 Å². The van der Waals surface area contributed by atoms with Crippen molar-refractivity contribution in [1.29, 1.82) is 0 Å². The number of aryl methyl sites for hydroxylation is 1. The van der Waals surface area contributed by atoms with Gasteiger partial charge < -0.3 is 30.4 Å². The first-order valence-electron chi connectivity index (χ1n) is 5.73. The van der Waals surface area contributed by atoms with Crippen LogP contribution in [-0.2, 0) is 11.1 Å². The molecule has 0 radical (unpaired) electrons. The van der Waals surface area contributed by atoms with E-state index in [-0.39, 0.29) is 89.2 Å². The minimum Gasteiger partial charge on any atom is -0.811 e. The number of fused-ring (bicyclic) bond motifs is 1. The second-order valence-electron chi connectivity index (χ2n) is 4.40. The third kappa shape index (κ3) is 6.04.